The summed E-state index contributed by atoms with van der Waals surface area (Å²) in [5.41, 5.74) is 0.986. The maximum atomic E-state index is 13.8. The van der Waals surface area contributed by atoms with Gasteiger partial charge < -0.3 is 15.0 Å². The maximum absolute atomic E-state index is 13.8. The van der Waals surface area contributed by atoms with Gasteiger partial charge in [-0.1, -0.05) is 6.07 Å². The Hall–Kier alpha value is -1.13. The molecule has 4 rings (SSSR count). The molecule has 0 spiro atoms. The highest BCUT2D eigenvalue weighted by Crippen LogP contribution is 2.29. The Balaban J connectivity index is 1.67. The summed E-state index contributed by atoms with van der Waals surface area (Å²) >= 11 is 0. The standard InChI is InChI=1S/C16H23FN2O/c1-11(13-3-4-16(20-2)14(17)9-13)18-15-10-19-7-5-12(15)6-8-19/h3-4,9,11-12,15,18H,5-8,10H2,1-2H3. The highest BCUT2D eigenvalue weighted by atomic mass is 19.1. The average molecular weight is 278 g/mol. The second kappa shape index (κ2) is 5.70. The van der Waals surface area contributed by atoms with Crippen molar-refractivity contribution in [1.82, 2.24) is 10.2 Å². The molecule has 1 aromatic rings. The van der Waals surface area contributed by atoms with Crippen LogP contribution in [0.3, 0.4) is 0 Å². The van der Waals surface area contributed by atoms with Crippen molar-refractivity contribution in [1.29, 1.82) is 0 Å². The van der Waals surface area contributed by atoms with Gasteiger partial charge in [-0.05, 0) is 56.5 Å². The van der Waals surface area contributed by atoms with E-state index in [1.54, 1.807) is 12.1 Å². The third-order valence-corrected chi connectivity index (χ3v) is 4.80. The molecule has 0 aliphatic carbocycles. The van der Waals surface area contributed by atoms with Gasteiger partial charge in [-0.25, -0.2) is 4.39 Å². The van der Waals surface area contributed by atoms with Crippen molar-refractivity contribution < 1.29 is 9.13 Å². The van der Waals surface area contributed by atoms with Crippen LogP contribution in [0.25, 0.3) is 0 Å². The Bertz CT molecular complexity index is 472. The molecule has 0 saturated carbocycles. The predicted molar refractivity (Wildman–Crippen MR) is 77.5 cm³/mol. The summed E-state index contributed by atoms with van der Waals surface area (Å²) in [6.07, 6.45) is 2.59. The molecule has 3 nitrogen and oxygen atoms in total. The Labute approximate surface area is 120 Å². The molecule has 0 aromatic heterocycles. The van der Waals surface area contributed by atoms with E-state index in [9.17, 15) is 4.39 Å². The summed E-state index contributed by atoms with van der Waals surface area (Å²) in [5.74, 6) is 0.807. The number of hydrogen-bond donors (Lipinski definition) is 1. The van der Waals surface area contributed by atoms with Crippen LogP contribution in [0, 0.1) is 11.7 Å². The fraction of sp³-hybridized carbons (Fsp3) is 0.625. The number of rotatable bonds is 4. The van der Waals surface area contributed by atoms with Crippen LogP contribution in [-0.2, 0) is 0 Å². The molecular weight excluding hydrogens is 255 g/mol. The number of nitrogens with zero attached hydrogens (tertiary/aromatic N) is 1. The first-order valence-electron chi connectivity index (χ1n) is 7.49. The van der Waals surface area contributed by atoms with Crippen LogP contribution in [0.4, 0.5) is 4.39 Å². The van der Waals surface area contributed by atoms with Gasteiger partial charge in [0.2, 0.25) is 0 Å². The van der Waals surface area contributed by atoms with Crippen LogP contribution >= 0.6 is 0 Å². The third-order valence-electron chi connectivity index (χ3n) is 4.80. The Morgan fingerprint density at radius 2 is 2.10 bits per heavy atom. The molecule has 110 valence electrons. The first-order valence-corrected chi connectivity index (χ1v) is 7.49. The van der Waals surface area contributed by atoms with Gasteiger partial charge in [-0.2, -0.15) is 0 Å². The minimum Gasteiger partial charge on any atom is -0.494 e. The van der Waals surface area contributed by atoms with Crippen LogP contribution in [0.1, 0.15) is 31.4 Å². The summed E-state index contributed by atoms with van der Waals surface area (Å²) in [7, 11) is 1.49. The van der Waals surface area contributed by atoms with E-state index in [0.29, 0.717) is 11.8 Å². The molecule has 2 bridgehead atoms. The number of hydrogen-bond acceptors (Lipinski definition) is 3. The molecule has 2 atom stereocenters. The van der Waals surface area contributed by atoms with Crippen molar-refractivity contribution in [3.63, 3.8) is 0 Å². The molecule has 0 radical (unpaired) electrons. The molecule has 1 N–H and O–H groups in total. The van der Waals surface area contributed by atoms with Gasteiger partial charge in [0, 0.05) is 18.6 Å². The first-order chi connectivity index (χ1) is 9.67. The van der Waals surface area contributed by atoms with E-state index in [0.717, 1.165) is 18.0 Å². The number of halogens is 1. The second-order valence-electron chi connectivity index (χ2n) is 6.03. The quantitative estimate of drug-likeness (QED) is 0.916. The van der Waals surface area contributed by atoms with Crippen molar-refractivity contribution in [2.45, 2.75) is 31.8 Å². The maximum Gasteiger partial charge on any atom is 0.165 e. The van der Waals surface area contributed by atoms with Crippen molar-refractivity contribution in [2.75, 3.05) is 26.7 Å². The molecule has 3 saturated heterocycles. The minimum absolute atomic E-state index is 0.168. The average Bonchev–Trinajstić information content (AvgIpc) is 2.48. The van der Waals surface area contributed by atoms with E-state index >= 15 is 0 Å². The molecule has 3 aliphatic rings. The highest BCUT2D eigenvalue weighted by Gasteiger charge is 2.34. The lowest BCUT2D eigenvalue weighted by molar-refractivity contribution is 0.0680. The minimum atomic E-state index is -0.285. The number of benzene rings is 1. The van der Waals surface area contributed by atoms with E-state index in [1.807, 2.05) is 6.07 Å². The van der Waals surface area contributed by atoms with Gasteiger partial charge in [-0.3, -0.25) is 0 Å². The molecule has 2 unspecified atom stereocenters. The fourth-order valence-electron chi connectivity index (χ4n) is 3.52. The van der Waals surface area contributed by atoms with E-state index in [1.165, 1.54) is 33.0 Å². The SMILES string of the molecule is COc1ccc(C(C)NC2CN3CCC2CC3)cc1F. The number of methoxy groups -OCH3 is 1. The lowest BCUT2D eigenvalue weighted by Gasteiger charge is -2.46. The number of fused-ring (bicyclic) bond motifs is 3. The van der Waals surface area contributed by atoms with Gasteiger partial charge in [0.1, 0.15) is 0 Å². The second-order valence-corrected chi connectivity index (χ2v) is 6.03. The van der Waals surface area contributed by atoms with Crippen molar-refractivity contribution in [3.05, 3.63) is 29.6 Å². The van der Waals surface area contributed by atoms with E-state index in [4.69, 9.17) is 4.74 Å². The van der Waals surface area contributed by atoms with E-state index in [-0.39, 0.29) is 11.9 Å². The molecule has 20 heavy (non-hydrogen) atoms. The van der Waals surface area contributed by atoms with Crippen LogP contribution in [0.2, 0.25) is 0 Å². The summed E-state index contributed by atoms with van der Waals surface area (Å²) in [6.45, 7) is 5.73. The van der Waals surface area contributed by atoms with Crippen molar-refractivity contribution in [2.24, 2.45) is 5.92 Å². The predicted octanol–water partition coefficient (Wildman–Crippen LogP) is 2.58. The van der Waals surface area contributed by atoms with Gasteiger partial charge in [0.25, 0.3) is 0 Å². The zero-order valence-electron chi connectivity index (χ0n) is 12.2. The number of piperidine rings is 3. The molecule has 3 heterocycles. The summed E-state index contributed by atoms with van der Waals surface area (Å²) in [4.78, 5) is 2.53. The Morgan fingerprint density at radius 1 is 1.35 bits per heavy atom. The van der Waals surface area contributed by atoms with Crippen molar-refractivity contribution in [3.8, 4) is 5.75 Å². The highest BCUT2D eigenvalue weighted by molar-refractivity contribution is 5.30. The lowest BCUT2D eigenvalue weighted by atomic mass is 9.83. The van der Waals surface area contributed by atoms with Crippen LogP contribution in [0.15, 0.2) is 18.2 Å². The summed E-state index contributed by atoms with van der Waals surface area (Å²) in [5, 5.41) is 3.68. The molecule has 3 fully saturated rings. The Kier molecular flexibility index (Phi) is 3.94. The third kappa shape index (κ3) is 2.67. The topological polar surface area (TPSA) is 24.5 Å². The van der Waals surface area contributed by atoms with Crippen LogP contribution in [-0.4, -0.2) is 37.7 Å². The van der Waals surface area contributed by atoms with Gasteiger partial charge in [0.15, 0.2) is 11.6 Å². The monoisotopic (exact) mass is 278 g/mol. The molecule has 1 aromatic carbocycles. The Morgan fingerprint density at radius 3 is 2.65 bits per heavy atom. The first kappa shape index (κ1) is 13.8. The molecule has 4 heteroatoms. The van der Waals surface area contributed by atoms with Crippen molar-refractivity contribution >= 4 is 0 Å². The normalized spacial score (nSPS) is 30.2. The van der Waals surface area contributed by atoms with E-state index in [2.05, 4.69) is 17.1 Å². The van der Waals surface area contributed by atoms with Gasteiger partial charge >= 0.3 is 0 Å². The largest absolute Gasteiger partial charge is 0.494 e. The number of ether oxygens (including phenoxy) is 1. The zero-order valence-corrected chi connectivity index (χ0v) is 12.2. The molecule has 3 aliphatic heterocycles. The molecular formula is C16H23FN2O. The smallest absolute Gasteiger partial charge is 0.165 e. The van der Waals surface area contributed by atoms with Crippen LogP contribution < -0.4 is 10.1 Å². The van der Waals surface area contributed by atoms with E-state index < -0.39 is 0 Å². The fourth-order valence-corrected chi connectivity index (χ4v) is 3.52. The zero-order chi connectivity index (χ0) is 14.1. The lowest BCUT2D eigenvalue weighted by Crippen LogP contribution is -2.56. The van der Waals surface area contributed by atoms with Gasteiger partial charge in [-0.15, -0.1) is 0 Å². The summed E-state index contributed by atoms with van der Waals surface area (Å²) in [6, 6.07) is 5.94. The molecule has 0 amide bonds. The number of nitrogens with one attached hydrogen (secondary N) is 1. The van der Waals surface area contributed by atoms with Gasteiger partial charge in [0.05, 0.1) is 7.11 Å². The van der Waals surface area contributed by atoms with Crippen LogP contribution in [0.5, 0.6) is 5.75 Å². The summed E-state index contributed by atoms with van der Waals surface area (Å²) < 4.78 is 18.7.